The topological polar surface area (TPSA) is 37.4 Å². The number of hydrogen-bond acceptors (Lipinski definition) is 2. The first-order chi connectivity index (χ1) is 6.45. The molecule has 0 radical (unpaired) electrons. The van der Waals surface area contributed by atoms with Crippen molar-refractivity contribution in [2.45, 2.75) is 0 Å². The van der Waals surface area contributed by atoms with Crippen LogP contribution in [0.2, 0.25) is 0 Å². The van der Waals surface area contributed by atoms with E-state index < -0.39 is 10.0 Å². The van der Waals surface area contributed by atoms with Crippen LogP contribution in [0.25, 0.3) is 0 Å². The first-order valence-corrected chi connectivity index (χ1v) is 5.80. The van der Waals surface area contributed by atoms with Gasteiger partial charge in [0.25, 0.3) is 0 Å². The summed E-state index contributed by atoms with van der Waals surface area (Å²) in [7, 11) is -1.73. The number of hydrogen-bond donors (Lipinski definition) is 0. The molecule has 0 bridgehead atoms. The molecule has 0 aliphatic carbocycles. The predicted octanol–water partition coefficient (Wildman–Crippen LogP) is 1.06. The zero-order chi connectivity index (χ0) is 10.8. The zero-order valence-corrected chi connectivity index (χ0v) is 8.88. The van der Waals surface area contributed by atoms with Gasteiger partial charge in [-0.25, -0.2) is 8.42 Å². The van der Waals surface area contributed by atoms with Crippen molar-refractivity contribution in [1.82, 2.24) is 0 Å². The number of anilines is 1. The first-order valence-electron chi connectivity index (χ1n) is 3.96. The number of terminal acetylenes is 1. The van der Waals surface area contributed by atoms with Gasteiger partial charge in [-0.05, 0) is 18.2 Å². The molecule has 74 valence electrons. The second-order valence-corrected chi connectivity index (χ2v) is 4.94. The maximum Gasteiger partial charge on any atom is 0.231 e. The van der Waals surface area contributed by atoms with Gasteiger partial charge in [-0.1, -0.05) is 12.0 Å². The first kappa shape index (κ1) is 10.6. The molecule has 0 spiro atoms. The Kier molecular flexibility index (Phi) is 2.82. The van der Waals surface area contributed by atoms with Gasteiger partial charge in [-0.3, -0.25) is 4.31 Å². The van der Waals surface area contributed by atoms with Crippen LogP contribution < -0.4 is 4.31 Å². The van der Waals surface area contributed by atoms with E-state index in [4.69, 9.17) is 6.42 Å². The average Bonchev–Trinajstić information content (AvgIpc) is 2.15. The Balaban J connectivity index is 3.16. The highest BCUT2D eigenvalue weighted by atomic mass is 32.2. The molecule has 1 rings (SSSR count). The largest absolute Gasteiger partial charge is 0.273 e. The SMILES string of the molecule is C#Cc1cccc(N(C)S(C)(=O)=O)c1. The van der Waals surface area contributed by atoms with Crippen LogP contribution in [0, 0.1) is 12.3 Å². The Labute approximate surface area is 84.4 Å². The van der Waals surface area contributed by atoms with Crippen LogP contribution in [0.15, 0.2) is 24.3 Å². The van der Waals surface area contributed by atoms with Crippen LogP contribution in [0.4, 0.5) is 5.69 Å². The lowest BCUT2D eigenvalue weighted by molar-refractivity contribution is 0.600. The van der Waals surface area contributed by atoms with Crippen molar-refractivity contribution < 1.29 is 8.42 Å². The van der Waals surface area contributed by atoms with E-state index >= 15 is 0 Å². The molecule has 0 fully saturated rings. The van der Waals surface area contributed by atoms with Crippen molar-refractivity contribution in [3.8, 4) is 12.3 Å². The minimum Gasteiger partial charge on any atom is -0.273 e. The van der Waals surface area contributed by atoms with E-state index in [9.17, 15) is 8.42 Å². The van der Waals surface area contributed by atoms with Crippen molar-refractivity contribution >= 4 is 15.7 Å². The fraction of sp³-hybridized carbons (Fsp3) is 0.200. The normalized spacial score (nSPS) is 10.6. The van der Waals surface area contributed by atoms with Gasteiger partial charge in [-0.2, -0.15) is 0 Å². The van der Waals surface area contributed by atoms with Gasteiger partial charge >= 0.3 is 0 Å². The summed E-state index contributed by atoms with van der Waals surface area (Å²) in [5.41, 5.74) is 1.24. The molecule has 14 heavy (non-hydrogen) atoms. The third-order valence-electron chi connectivity index (χ3n) is 1.87. The van der Waals surface area contributed by atoms with E-state index in [1.54, 1.807) is 24.3 Å². The summed E-state index contributed by atoms with van der Waals surface area (Å²) < 4.78 is 23.6. The van der Waals surface area contributed by atoms with Crippen LogP contribution in [0.1, 0.15) is 5.56 Å². The molecule has 4 heteroatoms. The summed E-state index contributed by atoms with van der Waals surface area (Å²) >= 11 is 0. The lowest BCUT2D eigenvalue weighted by Crippen LogP contribution is -2.24. The molecule has 0 atom stereocenters. The van der Waals surface area contributed by atoms with Crippen LogP contribution in [0.3, 0.4) is 0 Å². The quantitative estimate of drug-likeness (QED) is 0.683. The third kappa shape index (κ3) is 2.27. The van der Waals surface area contributed by atoms with E-state index in [0.29, 0.717) is 11.3 Å². The number of nitrogens with zero attached hydrogens (tertiary/aromatic N) is 1. The Bertz CT molecular complexity index is 471. The molecule has 0 saturated carbocycles. The molecule has 1 aromatic rings. The van der Waals surface area contributed by atoms with Crippen LogP contribution in [-0.2, 0) is 10.0 Å². The van der Waals surface area contributed by atoms with Crippen molar-refractivity contribution in [2.24, 2.45) is 0 Å². The standard InChI is InChI=1S/C10H11NO2S/c1-4-9-6-5-7-10(8-9)11(2)14(3,12)13/h1,5-8H,2-3H3. The minimum absolute atomic E-state index is 0.572. The third-order valence-corrected chi connectivity index (χ3v) is 3.08. The highest BCUT2D eigenvalue weighted by molar-refractivity contribution is 7.92. The van der Waals surface area contributed by atoms with Gasteiger partial charge < -0.3 is 0 Å². The molecule has 0 heterocycles. The fourth-order valence-electron chi connectivity index (χ4n) is 0.983. The summed E-state index contributed by atoms with van der Waals surface area (Å²) in [6, 6.07) is 6.83. The monoisotopic (exact) mass is 209 g/mol. The van der Waals surface area contributed by atoms with Gasteiger partial charge in [0, 0.05) is 12.6 Å². The Morgan fingerprint density at radius 2 is 2.07 bits per heavy atom. The number of sulfonamides is 1. The summed E-state index contributed by atoms with van der Waals surface area (Å²) in [5.74, 6) is 2.45. The molecular weight excluding hydrogens is 198 g/mol. The molecule has 0 unspecified atom stereocenters. The van der Waals surface area contributed by atoms with E-state index in [0.717, 1.165) is 6.26 Å². The molecule has 0 aromatic heterocycles. The molecule has 3 nitrogen and oxygen atoms in total. The van der Waals surface area contributed by atoms with Crippen molar-refractivity contribution in [3.05, 3.63) is 29.8 Å². The van der Waals surface area contributed by atoms with E-state index in [2.05, 4.69) is 5.92 Å². The predicted molar refractivity (Wildman–Crippen MR) is 57.6 cm³/mol. The van der Waals surface area contributed by atoms with Gasteiger partial charge in [-0.15, -0.1) is 6.42 Å². The van der Waals surface area contributed by atoms with Gasteiger partial charge in [0.05, 0.1) is 11.9 Å². The fourth-order valence-corrected chi connectivity index (χ4v) is 1.48. The average molecular weight is 209 g/mol. The Morgan fingerprint density at radius 3 is 2.57 bits per heavy atom. The van der Waals surface area contributed by atoms with Crippen molar-refractivity contribution in [1.29, 1.82) is 0 Å². The highest BCUT2D eigenvalue weighted by Crippen LogP contribution is 2.16. The minimum atomic E-state index is -3.22. The summed E-state index contributed by atoms with van der Waals surface area (Å²) in [4.78, 5) is 0. The molecule has 0 amide bonds. The smallest absolute Gasteiger partial charge is 0.231 e. The van der Waals surface area contributed by atoms with Crippen molar-refractivity contribution in [3.63, 3.8) is 0 Å². The molecule has 0 aliphatic rings. The maximum atomic E-state index is 11.2. The number of benzene rings is 1. The number of rotatable bonds is 2. The van der Waals surface area contributed by atoms with E-state index in [1.807, 2.05) is 0 Å². The van der Waals surface area contributed by atoms with Crippen LogP contribution >= 0.6 is 0 Å². The van der Waals surface area contributed by atoms with Crippen molar-refractivity contribution in [2.75, 3.05) is 17.6 Å². The second-order valence-electron chi connectivity index (χ2n) is 2.93. The zero-order valence-electron chi connectivity index (χ0n) is 8.06. The van der Waals surface area contributed by atoms with Gasteiger partial charge in [0.1, 0.15) is 0 Å². The Morgan fingerprint density at radius 1 is 1.43 bits per heavy atom. The highest BCUT2D eigenvalue weighted by Gasteiger charge is 2.11. The lowest BCUT2D eigenvalue weighted by atomic mass is 10.2. The molecule has 0 aliphatic heterocycles. The summed E-state index contributed by atoms with van der Waals surface area (Å²) in [5, 5.41) is 0. The van der Waals surface area contributed by atoms with E-state index in [-0.39, 0.29) is 0 Å². The summed E-state index contributed by atoms with van der Waals surface area (Å²) in [6.45, 7) is 0. The molecular formula is C10H11NO2S. The van der Waals surface area contributed by atoms with Gasteiger partial charge in [0.15, 0.2) is 0 Å². The van der Waals surface area contributed by atoms with E-state index in [1.165, 1.54) is 11.4 Å². The lowest BCUT2D eigenvalue weighted by Gasteiger charge is -2.16. The molecule has 0 saturated heterocycles. The summed E-state index contributed by atoms with van der Waals surface area (Å²) in [6.07, 6.45) is 6.36. The van der Waals surface area contributed by atoms with Crippen LogP contribution in [0.5, 0.6) is 0 Å². The van der Waals surface area contributed by atoms with Crippen LogP contribution in [-0.4, -0.2) is 21.7 Å². The maximum absolute atomic E-state index is 11.2. The Hall–Kier alpha value is -1.47. The second kappa shape index (κ2) is 3.72. The molecule has 1 aromatic carbocycles. The van der Waals surface area contributed by atoms with Gasteiger partial charge in [0.2, 0.25) is 10.0 Å². The molecule has 0 N–H and O–H groups in total.